The van der Waals surface area contributed by atoms with Crippen LogP contribution in [0.15, 0.2) is 61.2 Å². The van der Waals surface area contributed by atoms with Crippen LogP contribution in [0.5, 0.6) is 5.75 Å². The minimum absolute atomic E-state index is 0.0149. The fourth-order valence-corrected chi connectivity index (χ4v) is 3.06. The number of benzene rings is 2. The molecule has 0 aliphatic carbocycles. The van der Waals surface area contributed by atoms with Gasteiger partial charge in [0.15, 0.2) is 0 Å². The lowest BCUT2D eigenvalue weighted by Gasteiger charge is -2.31. The number of nitrogens with zero attached hydrogens (tertiary/aromatic N) is 2. The molecule has 0 aromatic heterocycles. The minimum Gasteiger partial charge on any atom is -0.490 e. The van der Waals surface area contributed by atoms with E-state index in [0.717, 1.165) is 29.7 Å². The van der Waals surface area contributed by atoms with Gasteiger partial charge in [0.25, 0.3) is 0 Å². The van der Waals surface area contributed by atoms with Gasteiger partial charge in [-0.1, -0.05) is 36.9 Å². The van der Waals surface area contributed by atoms with E-state index in [9.17, 15) is 10.1 Å². The first kappa shape index (κ1) is 16.8. The summed E-state index contributed by atoms with van der Waals surface area (Å²) in [4.78, 5) is 13.4. The van der Waals surface area contributed by atoms with E-state index >= 15 is 0 Å². The average molecular weight is 332 g/mol. The molecular weight excluding hydrogens is 312 g/mol. The van der Waals surface area contributed by atoms with Crippen LogP contribution in [0.4, 0.5) is 0 Å². The van der Waals surface area contributed by atoms with Crippen molar-refractivity contribution in [2.75, 3.05) is 13.1 Å². The number of piperidine rings is 1. The van der Waals surface area contributed by atoms with Crippen LogP contribution >= 0.6 is 0 Å². The summed E-state index contributed by atoms with van der Waals surface area (Å²) >= 11 is 0. The molecule has 0 saturated carbocycles. The summed E-state index contributed by atoms with van der Waals surface area (Å²) < 4.78 is 6.04. The maximum atomic E-state index is 11.6. The van der Waals surface area contributed by atoms with Crippen molar-refractivity contribution < 1.29 is 9.53 Å². The lowest BCUT2D eigenvalue weighted by Crippen LogP contribution is -2.41. The third-order valence-electron chi connectivity index (χ3n) is 4.44. The lowest BCUT2D eigenvalue weighted by atomic mass is 10.0. The van der Waals surface area contributed by atoms with Gasteiger partial charge in [-0.2, -0.15) is 5.26 Å². The van der Waals surface area contributed by atoms with Gasteiger partial charge < -0.3 is 9.64 Å². The quantitative estimate of drug-likeness (QED) is 0.801. The van der Waals surface area contributed by atoms with E-state index in [1.54, 1.807) is 4.90 Å². The molecule has 4 heteroatoms. The molecule has 1 saturated heterocycles. The summed E-state index contributed by atoms with van der Waals surface area (Å²) in [6.07, 6.45) is 3.11. The molecule has 25 heavy (non-hydrogen) atoms. The van der Waals surface area contributed by atoms with Gasteiger partial charge in [-0.25, -0.2) is 0 Å². The average Bonchev–Trinajstić information content (AvgIpc) is 2.68. The molecule has 0 radical (unpaired) electrons. The van der Waals surface area contributed by atoms with Crippen molar-refractivity contribution in [3.63, 3.8) is 0 Å². The summed E-state index contributed by atoms with van der Waals surface area (Å²) in [5, 5.41) is 9.22. The first-order valence-electron chi connectivity index (χ1n) is 8.39. The molecule has 0 N–H and O–H groups in total. The van der Waals surface area contributed by atoms with Crippen molar-refractivity contribution in [2.24, 2.45) is 0 Å². The molecule has 1 aliphatic rings. The molecule has 0 atom stereocenters. The van der Waals surface area contributed by atoms with Crippen molar-refractivity contribution in [3.8, 4) is 22.9 Å². The predicted molar refractivity (Wildman–Crippen MR) is 97.0 cm³/mol. The van der Waals surface area contributed by atoms with Crippen LogP contribution in [0, 0.1) is 11.3 Å². The molecule has 0 spiro atoms. The number of carbonyl (C=O) groups excluding carboxylic acids is 1. The van der Waals surface area contributed by atoms with Crippen LogP contribution < -0.4 is 4.74 Å². The second-order valence-corrected chi connectivity index (χ2v) is 6.03. The van der Waals surface area contributed by atoms with Crippen LogP contribution in [0.3, 0.4) is 0 Å². The first-order valence-corrected chi connectivity index (χ1v) is 8.39. The van der Waals surface area contributed by atoms with E-state index in [4.69, 9.17) is 4.74 Å². The maximum Gasteiger partial charge on any atom is 0.245 e. The van der Waals surface area contributed by atoms with E-state index < -0.39 is 0 Å². The molecule has 1 heterocycles. The zero-order chi connectivity index (χ0) is 17.6. The number of nitriles is 1. The Balaban J connectivity index is 1.63. The standard InChI is InChI=1S/C21H20N2O2/c1-2-21(24)23-13-11-19(12-14-23)25-18-9-7-16(8-10-18)20-6-4-3-5-17(20)15-22/h2-10,19H,1,11-14H2. The van der Waals surface area contributed by atoms with Gasteiger partial charge in [-0.05, 0) is 35.4 Å². The number of likely N-dealkylation sites (tertiary alicyclic amines) is 1. The lowest BCUT2D eigenvalue weighted by molar-refractivity contribution is -0.127. The third-order valence-corrected chi connectivity index (χ3v) is 4.44. The fraction of sp³-hybridized carbons (Fsp3) is 0.238. The number of carbonyl (C=O) groups is 1. The monoisotopic (exact) mass is 332 g/mol. The van der Waals surface area contributed by atoms with E-state index in [1.165, 1.54) is 6.08 Å². The Kier molecular flexibility index (Phi) is 5.15. The number of ether oxygens (including phenoxy) is 1. The molecular formula is C21H20N2O2. The smallest absolute Gasteiger partial charge is 0.245 e. The minimum atomic E-state index is -0.0149. The zero-order valence-electron chi connectivity index (χ0n) is 14.0. The highest BCUT2D eigenvalue weighted by molar-refractivity contribution is 5.87. The number of hydrogen-bond acceptors (Lipinski definition) is 3. The van der Waals surface area contributed by atoms with Crippen molar-refractivity contribution in [1.82, 2.24) is 4.90 Å². The molecule has 0 bridgehead atoms. The number of hydrogen-bond donors (Lipinski definition) is 0. The molecule has 3 rings (SSSR count). The molecule has 2 aromatic rings. The summed E-state index contributed by atoms with van der Waals surface area (Å²) in [5.74, 6) is 0.797. The Hall–Kier alpha value is -3.06. The third kappa shape index (κ3) is 3.89. The molecule has 1 amide bonds. The van der Waals surface area contributed by atoms with Crippen molar-refractivity contribution in [2.45, 2.75) is 18.9 Å². The van der Waals surface area contributed by atoms with E-state index in [1.807, 2.05) is 48.5 Å². The predicted octanol–water partition coefficient (Wildman–Crippen LogP) is 3.78. The Labute approximate surface area is 148 Å². The van der Waals surface area contributed by atoms with Crippen LogP contribution in [-0.4, -0.2) is 30.0 Å². The maximum absolute atomic E-state index is 11.6. The van der Waals surface area contributed by atoms with Gasteiger partial charge in [0.2, 0.25) is 5.91 Å². The van der Waals surface area contributed by atoms with Gasteiger partial charge in [0.1, 0.15) is 11.9 Å². The van der Waals surface area contributed by atoms with E-state index in [2.05, 4.69) is 12.6 Å². The highest BCUT2D eigenvalue weighted by Crippen LogP contribution is 2.26. The normalized spacial score (nSPS) is 14.6. The zero-order valence-corrected chi connectivity index (χ0v) is 14.0. The summed E-state index contributed by atoms with van der Waals surface area (Å²) in [6, 6.07) is 17.6. The summed E-state index contributed by atoms with van der Waals surface area (Å²) in [7, 11) is 0. The van der Waals surface area contributed by atoms with Crippen LogP contribution in [-0.2, 0) is 4.79 Å². The van der Waals surface area contributed by atoms with Crippen molar-refractivity contribution in [3.05, 3.63) is 66.7 Å². The van der Waals surface area contributed by atoms with Gasteiger partial charge in [-0.15, -0.1) is 0 Å². The van der Waals surface area contributed by atoms with Gasteiger partial charge >= 0.3 is 0 Å². The van der Waals surface area contributed by atoms with Crippen LogP contribution in [0.2, 0.25) is 0 Å². The van der Waals surface area contributed by atoms with Crippen molar-refractivity contribution in [1.29, 1.82) is 5.26 Å². The fourth-order valence-electron chi connectivity index (χ4n) is 3.06. The van der Waals surface area contributed by atoms with Gasteiger partial charge in [0.05, 0.1) is 11.6 Å². The highest BCUT2D eigenvalue weighted by atomic mass is 16.5. The van der Waals surface area contributed by atoms with Gasteiger partial charge in [-0.3, -0.25) is 4.79 Å². The van der Waals surface area contributed by atoms with Crippen molar-refractivity contribution >= 4 is 5.91 Å². The van der Waals surface area contributed by atoms with E-state index in [0.29, 0.717) is 18.7 Å². The largest absolute Gasteiger partial charge is 0.490 e. The molecule has 2 aromatic carbocycles. The van der Waals surface area contributed by atoms with Crippen LogP contribution in [0.25, 0.3) is 11.1 Å². The molecule has 126 valence electrons. The Morgan fingerprint density at radius 3 is 2.48 bits per heavy atom. The second kappa shape index (κ2) is 7.67. The number of amides is 1. The molecule has 1 fully saturated rings. The molecule has 4 nitrogen and oxygen atoms in total. The first-order chi connectivity index (χ1) is 12.2. The second-order valence-electron chi connectivity index (χ2n) is 6.03. The summed E-state index contributed by atoms with van der Waals surface area (Å²) in [6.45, 7) is 4.92. The molecule has 1 aliphatic heterocycles. The van der Waals surface area contributed by atoms with Crippen LogP contribution in [0.1, 0.15) is 18.4 Å². The Bertz CT molecular complexity index is 797. The Morgan fingerprint density at radius 2 is 1.84 bits per heavy atom. The highest BCUT2D eigenvalue weighted by Gasteiger charge is 2.22. The topological polar surface area (TPSA) is 53.3 Å². The summed E-state index contributed by atoms with van der Waals surface area (Å²) in [5.41, 5.74) is 2.58. The molecule has 0 unspecified atom stereocenters. The van der Waals surface area contributed by atoms with Gasteiger partial charge in [0, 0.05) is 25.9 Å². The SMILES string of the molecule is C=CC(=O)N1CCC(Oc2ccc(-c3ccccc3C#N)cc2)CC1. The Morgan fingerprint density at radius 1 is 1.16 bits per heavy atom. The van der Waals surface area contributed by atoms with E-state index in [-0.39, 0.29) is 12.0 Å². The number of rotatable bonds is 4.